The van der Waals surface area contributed by atoms with Crippen LogP contribution in [0.5, 0.6) is 0 Å². The first-order valence-electron chi connectivity index (χ1n) is 5.88. The first-order chi connectivity index (χ1) is 8.24. The fraction of sp³-hybridized carbons (Fsp3) is 0.417. The molecule has 1 saturated heterocycles. The molecule has 88 valence electrons. The molecule has 2 rings (SSSR count). The first-order valence-corrected chi connectivity index (χ1v) is 5.88. The molecule has 1 aliphatic rings. The minimum Gasteiger partial charge on any atom is -0.423 e. The van der Waals surface area contributed by atoms with Crippen LogP contribution in [0.3, 0.4) is 0 Å². The molecule has 1 aromatic rings. The number of nitrogens with zero attached hydrogens (tertiary/aromatic N) is 2. The van der Waals surface area contributed by atoms with Crippen LogP contribution in [0.15, 0.2) is 18.2 Å². The molecular formula is C12H15BN2O2. The maximum absolute atomic E-state index is 9.24. The minimum absolute atomic E-state index is 0.288. The van der Waals surface area contributed by atoms with Gasteiger partial charge < -0.3 is 14.9 Å². The normalized spacial score (nSPS) is 15.5. The molecule has 0 amide bonds. The Bertz CT molecular complexity index is 437. The number of hydrogen-bond donors (Lipinski definition) is 2. The van der Waals surface area contributed by atoms with Crippen molar-refractivity contribution < 1.29 is 10.0 Å². The molecule has 0 radical (unpaired) electrons. The van der Waals surface area contributed by atoms with E-state index in [0.717, 1.165) is 31.6 Å². The highest BCUT2D eigenvalue weighted by molar-refractivity contribution is 6.59. The fourth-order valence-electron chi connectivity index (χ4n) is 2.29. The molecular weight excluding hydrogens is 215 g/mol. The van der Waals surface area contributed by atoms with E-state index in [9.17, 15) is 15.3 Å². The van der Waals surface area contributed by atoms with Crippen LogP contribution in [0.1, 0.15) is 24.8 Å². The van der Waals surface area contributed by atoms with Crippen molar-refractivity contribution in [2.24, 2.45) is 0 Å². The van der Waals surface area contributed by atoms with Crippen molar-refractivity contribution in [2.75, 3.05) is 18.0 Å². The summed E-state index contributed by atoms with van der Waals surface area (Å²) in [6, 6.07) is 7.30. The molecule has 0 aliphatic carbocycles. The zero-order chi connectivity index (χ0) is 12.3. The second kappa shape index (κ2) is 5.22. The summed E-state index contributed by atoms with van der Waals surface area (Å²) in [5.41, 5.74) is 1.48. The molecule has 0 aromatic heterocycles. The molecule has 17 heavy (non-hydrogen) atoms. The molecule has 5 heteroatoms. The third kappa shape index (κ3) is 2.43. The average molecular weight is 230 g/mol. The van der Waals surface area contributed by atoms with Gasteiger partial charge in [-0.1, -0.05) is 12.1 Å². The van der Waals surface area contributed by atoms with Gasteiger partial charge in [0.25, 0.3) is 0 Å². The third-order valence-corrected chi connectivity index (χ3v) is 3.16. The fourth-order valence-corrected chi connectivity index (χ4v) is 2.29. The predicted molar refractivity (Wildman–Crippen MR) is 67.0 cm³/mol. The lowest BCUT2D eigenvalue weighted by Crippen LogP contribution is -2.36. The van der Waals surface area contributed by atoms with Crippen molar-refractivity contribution in [1.29, 1.82) is 5.26 Å². The highest BCUT2D eigenvalue weighted by Gasteiger charge is 2.21. The second-order valence-electron chi connectivity index (χ2n) is 4.27. The summed E-state index contributed by atoms with van der Waals surface area (Å²) in [7, 11) is -1.59. The number of hydrogen-bond acceptors (Lipinski definition) is 4. The van der Waals surface area contributed by atoms with Crippen molar-refractivity contribution in [3.8, 4) is 6.07 Å². The van der Waals surface area contributed by atoms with E-state index < -0.39 is 7.12 Å². The molecule has 4 nitrogen and oxygen atoms in total. The van der Waals surface area contributed by atoms with Crippen LogP contribution >= 0.6 is 0 Å². The topological polar surface area (TPSA) is 67.5 Å². The van der Waals surface area contributed by atoms with E-state index in [1.54, 1.807) is 12.1 Å². The van der Waals surface area contributed by atoms with Gasteiger partial charge in [-0.3, -0.25) is 0 Å². The predicted octanol–water partition coefficient (Wildman–Crippen LogP) is 0.228. The van der Waals surface area contributed by atoms with E-state index >= 15 is 0 Å². The zero-order valence-corrected chi connectivity index (χ0v) is 9.63. The summed E-state index contributed by atoms with van der Waals surface area (Å²) in [4.78, 5) is 2.15. The van der Waals surface area contributed by atoms with Crippen molar-refractivity contribution in [3.63, 3.8) is 0 Å². The smallest absolute Gasteiger partial charge is 0.423 e. The maximum Gasteiger partial charge on any atom is 0.489 e. The molecule has 0 saturated carbocycles. The van der Waals surface area contributed by atoms with Crippen LogP contribution < -0.4 is 10.4 Å². The lowest BCUT2D eigenvalue weighted by Gasteiger charge is -2.30. The highest BCUT2D eigenvalue weighted by Crippen LogP contribution is 2.22. The Morgan fingerprint density at radius 1 is 1.18 bits per heavy atom. The van der Waals surface area contributed by atoms with Crippen molar-refractivity contribution >= 4 is 18.3 Å². The molecule has 1 fully saturated rings. The van der Waals surface area contributed by atoms with E-state index in [4.69, 9.17) is 0 Å². The van der Waals surface area contributed by atoms with Crippen molar-refractivity contribution in [3.05, 3.63) is 23.8 Å². The molecule has 0 unspecified atom stereocenters. The Morgan fingerprint density at radius 2 is 1.88 bits per heavy atom. The van der Waals surface area contributed by atoms with Gasteiger partial charge in [-0.25, -0.2) is 0 Å². The van der Waals surface area contributed by atoms with E-state index in [2.05, 4.69) is 11.0 Å². The Morgan fingerprint density at radius 3 is 2.47 bits per heavy atom. The monoisotopic (exact) mass is 230 g/mol. The molecule has 0 bridgehead atoms. The second-order valence-corrected chi connectivity index (χ2v) is 4.27. The van der Waals surface area contributed by atoms with E-state index in [-0.39, 0.29) is 5.46 Å². The molecule has 0 spiro atoms. The number of benzene rings is 1. The largest absolute Gasteiger partial charge is 0.489 e. The van der Waals surface area contributed by atoms with Gasteiger partial charge in [-0.2, -0.15) is 5.26 Å². The SMILES string of the molecule is N#Cc1c(B(O)O)cccc1N1CCCCC1. The van der Waals surface area contributed by atoms with Crippen LogP contribution in [-0.4, -0.2) is 30.3 Å². The summed E-state index contributed by atoms with van der Waals surface area (Å²) in [6.07, 6.45) is 3.47. The Labute approximate surface area is 101 Å². The summed E-state index contributed by atoms with van der Waals surface area (Å²) >= 11 is 0. The van der Waals surface area contributed by atoms with Crippen LogP contribution in [0.25, 0.3) is 0 Å². The molecule has 0 atom stereocenters. The minimum atomic E-state index is -1.59. The Balaban J connectivity index is 2.39. The van der Waals surface area contributed by atoms with E-state index in [1.165, 1.54) is 6.42 Å². The van der Waals surface area contributed by atoms with E-state index in [1.807, 2.05) is 6.07 Å². The third-order valence-electron chi connectivity index (χ3n) is 3.16. The van der Waals surface area contributed by atoms with Gasteiger partial charge in [0.15, 0.2) is 0 Å². The van der Waals surface area contributed by atoms with E-state index in [0.29, 0.717) is 5.56 Å². The van der Waals surface area contributed by atoms with Gasteiger partial charge in [0.1, 0.15) is 6.07 Å². The first kappa shape index (κ1) is 12.0. The Hall–Kier alpha value is -1.51. The maximum atomic E-state index is 9.24. The van der Waals surface area contributed by atoms with Crippen LogP contribution in [0.2, 0.25) is 0 Å². The van der Waals surface area contributed by atoms with Crippen molar-refractivity contribution in [2.45, 2.75) is 19.3 Å². The number of anilines is 1. The van der Waals surface area contributed by atoms with Gasteiger partial charge in [-0.05, 0) is 25.3 Å². The lowest BCUT2D eigenvalue weighted by atomic mass is 9.76. The van der Waals surface area contributed by atoms with Crippen LogP contribution in [0, 0.1) is 11.3 Å². The van der Waals surface area contributed by atoms with Gasteiger partial charge in [0, 0.05) is 18.6 Å². The molecule has 2 N–H and O–H groups in total. The van der Waals surface area contributed by atoms with Crippen LogP contribution in [0.4, 0.5) is 5.69 Å². The summed E-state index contributed by atoms with van der Waals surface area (Å²) in [5.74, 6) is 0. The molecule has 1 aromatic carbocycles. The number of piperidine rings is 1. The summed E-state index contributed by atoms with van der Waals surface area (Å²) < 4.78 is 0. The quantitative estimate of drug-likeness (QED) is 0.713. The van der Waals surface area contributed by atoms with Gasteiger partial charge in [0.2, 0.25) is 0 Å². The standard InChI is InChI=1S/C12H15BN2O2/c14-9-10-11(13(16)17)5-4-6-12(10)15-7-2-1-3-8-15/h4-6,16-17H,1-3,7-8H2. The zero-order valence-electron chi connectivity index (χ0n) is 9.63. The molecule has 1 aliphatic heterocycles. The lowest BCUT2D eigenvalue weighted by molar-refractivity contribution is 0.425. The Kier molecular flexibility index (Phi) is 3.67. The van der Waals surface area contributed by atoms with Crippen molar-refractivity contribution in [1.82, 2.24) is 0 Å². The van der Waals surface area contributed by atoms with Gasteiger partial charge in [-0.15, -0.1) is 0 Å². The average Bonchev–Trinajstić information content (AvgIpc) is 2.38. The molecule has 1 heterocycles. The number of rotatable bonds is 2. The van der Waals surface area contributed by atoms with Crippen LogP contribution in [-0.2, 0) is 0 Å². The van der Waals surface area contributed by atoms with Gasteiger partial charge >= 0.3 is 7.12 Å². The number of nitriles is 1. The van der Waals surface area contributed by atoms with Gasteiger partial charge in [0.05, 0.1) is 11.3 Å². The highest BCUT2D eigenvalue weighted by atomic mass is 16.4. The summed E-state index contributed by atoms with van der Waals surface area (Å²) in [6.45, 7) is 1.86. The summed E-state index contributed by atoms with van der Waals surface area (Å²) in [5, 5.41) is 27.7.